The molecule has 0 saturated heterocycles. The number of halogens is 1. The van der Waals surface area contributed by atoms with Crippen LogP contribution >= 0.6 is 11.6 Å². The van der Waals surface area contributed by atoms with E-state index in [9.17, 15) is 13.2 Å². The van der Waals surface area contributed by atoms with Crippen molar-refractivity contribution in [2.45, 2.75) is 4.90 Å². The Morgan fingerprint density at radius 3 is 2.36 bits per heavy atom. The van der Waals surface area contributed by atoms with Crippen LogP contribution in [0.4, 0.5) is 5.69 Å². The second-order valence-electron chi connectivity index (χ2n) is 4.56. The zero-order valence-corrected chi connectivity index (χ0v) is 13.1. The number of rotatable bonds is 3. The van der Waals surface area contributed by atoms with E-state index in [1.807, 2.05) is 6.07 Å². The first kappa shape index (κ1) is 16.0. The number of nitriles is 1. The van der Waals surface area contributed by atoms with Gasteiger partial charge >= 0.3 is 0 Å². The summed E-state index contributed by atoms with van der Waals surface area (Å²) in [6, 6.07) is 12.3. The zero-order chi connectivity index (χ0) is 16.3. The van der Waals surface area contributed by atoms with Crippen molar-refractivity contribution in [2.24, 2.45) is 0 Å². The van der Waals surface area contributed by atoms with Gasteiger partial charge < -0.3 is 5.32 Å². The summed E-state index contributed by atoms with van der Waals surface area (Å²) >= 11 is 5.84. The molecule has 22 heavy (non-hydrogen) atoms. The minimum absolute atomic E-state index is 0.0671. The predicted molar refractivity (Wildman–Crippen MR) is 83.7 cm³/mol. The fourth-order valence-electron chi connectivity index (χ4n) is 1.76. The summed E-state index contributed by atoms with van der Waals surface area (Å²) in [6.07, 6.45) is 1.02. The minimum Gasteiger partial charge on any atom is -0.322 e. The van der Waals surface area contributed by atoms with Crippen LogP contribution in [-0.2, 0) is 9.84 Å². The van der Waals surface area contributed by atoms with Gasteiger partial charge in [-0.25, -0.2) is 8.42 Å². The summed E-state index contributed by atoms with van der Waals surface area (Å²) in [7, 11) is -3.52. The van der Waals surface area contributed by atoms with Gasteiger partial charge in [-0.15, -0.1) is 0 Å². The van der Waals surface area contributed by atoms with Crippen molar-refractivity contribution in [1.82, 2.24) is 0 Å². The third kappa shape index (κ3) is 3.64. The van der Waals surface area contributed by atoms with E-state index in [1.165, 1.54) is 18.2 Å². The zero-order valence-electron chi connectivity index (χ0n) is 11.5. The highest BCUT2D eigenvalue weighted by Gasteiger charge is 2.16. The number of hydrogen-bond donors (Lipinski definition) is 1. The average molecular weight is 335 g/mol. The maximum absolute atomic E-state index is 12.1. The van der Waals surface area contributed by atoms with Gasteiger partial charge in [-0.2, -0.15) is 5.26 Å². The van der Waals surface area contributed by atoms with E-state index < -0.39 is 15.7 Å². The number of hydrogen-bond acceptors (Lipinski definition) is 4. The molecule has 0 fully saturated rings. The van der Waals surface area contributed by atoms with Gasteiger partial charge in [0, 0.05) is 17.5 Å². The summed E-state index contributed by atoms with van der Waals surface area (Å²) in [6.45, 7) is 0. The Hall–Kier alpha value is -2.36. The Morgan fingerprint density at radius 1 is 1.18 bits per heavy atom. The Labute approximate surface area is 133 Å². The highest BCUT2D eigenvalue weighted by atomic mass is 35.5. The number of benzene rings is 2. The Bertz CT molecular complexity index is 869. The molecule has 1 N–H and O–H groups in total. The molecule has 0 aliphatic rings. The monoisotopic (exact) mass is 334 g/mol. The summed E-state index contributed by atoms with van der Waals surface area (Å²) in [5.41, 5.74) is 1.15. The van der Waals surface area contributed by atoms with Gasteiger partial charge in [-0.1, -0.05) is 11.6 Å². The molecule has 1 amide bonds. The average Bonchev–Trinajstić information content (AvgIpc) is 2.47. The molecule has 112 valence electrons. The number of anilines is 1. The van der Waals surface area contributed by atoms with Crippen LogP contribution in [0.15, 0.2) is 47.4 Å². The molecule has 0 atom stereocenters. The van der Waals surface area contributed by atoms with Gasteiger partial charge in [0.2, 0.25) is 0 Å². The summed E-state index contributed by atoms with van der Waals surface area (Å²) in [4.78, 5) is 12.0. The first-order valence-electron chi connectivity index (χ1n) is 6.12. The van der Waals surface area contributed by atoms with Gasteiger partial charge in [0.25, 0.3) is 5.91 Å². The van der Waals surface area contributed by atoms with Crippen molar-refractivity contribution in [3.8, 4) is 6.07 Å². The van der Waals surface area contributed by atoms with Crippen molar-refractivity contribution in [2.75, 3.05) is 11.6 Å². The van der Waals surface area contributed by atoms with Crippen LogP contribution in [-0.4, -0.2) is 20.6 Å². The SMILES string of the molecule is CS(=O)(=O)c1cc(C(=O)Nc2ccc(C#N)cc2)ccc1Cl. The maximum atomic E-state index is 12.1. The fourth-order valence-corrected chi connectivity index (χ4v) is 3.06. The van der Waals surface area contributed by atoms with Crippen molar-refractivity contribution in [3.05, 3.63) is 58.6 Å². The normalized spacial score (nSPS) is 10.8. The van der Waals surface area contributed by atoms with Crippen LogP contribution < -0.4 is 5.32 Å². The van der Waals surface area contributed by atoms with Gasteiger partial charge in [-0.3, -0.25) is 4.79 Å². The standard InChI is InChI=1S/C15H11ClN2O3S/c1-22(20,21)14-8-11(4-7-13(14)16)15(19)18-12-5-2-10(9-17)3-6-12/h2-8H,1H3,(H,18,19). The molecular weight excluding hydrogens is 324 g/mol. The molecule has 0 heterocycles. The van der Waals surface area contributed by atoms with Gasteiger partial charge in [0.1, 0.15) is 0 Å². The molecule has 0 aliphatic heterocycles. The van der Waals surface area contributed by atoms with Crippen LogP contribution in [0.5, 0.6) is 0 Å². The molecular formula is C15H11ClN2O3S. The minimum atomic E-state index is -3.52. The Morgan fingerprint density at radius 2 is 1.82 bits per heavy atom. The van der Waals surface area contributed by atoms with E-state index in [2.05, 4.69) is 5.32 Å². The van der Waals surface area contributed by atoms with E-state index >= 15 is 0 Å². The molecule has 0 aliphatic carbocycles. The van der Waals surface area contributed by atoms with Crippen molar-refractivity contribution in [3.63, 3.8) is 0 Å². The highest BCUT2D eigenvalue weighted by molar-refractivity contribution is 7.90. The summed E-state index contributed by atoms with van der Waals surface area (Å²) in [5, 5.41) is 11.4. The van der Waals surface area contributed by atoms with E-state index in [4.69, 9.17) is 16.9 Å². The smallest absolute Gasteiger partial charge is 0.255 e. The molecule has 2 rings (SSSR count). The lowest BCUT2D eigenvalue weighted by atomic mass is 10.2. The Balaban J connectivity index is 2.28. The van der Waals surface area contributed by atoms with E-state index in [0.717, 1.165) is 6.26 Å². The third-order valence-electron chi connectivity index (χ3n) is 2.86. The lowest BCUT2D eigenvalue weighted by molar-refractivity contribution is 0.102. The molecule has 0 saturated carbocycles. The molecule has 0 bridgehead atoms. The van der Waals surface area contributed by atoms with Crippen LogP contribution in [0, 0.1) is 11.3 Å². The highest BCUT2D eigenvalue weighted by Crippen LogP contribution is 2.23. The summed E-state index contributed by atoms with van der Waals surface area (Å²) in [5.74, 6) is -0.466. The molecule has 0 radical (unpaired) electrons. The molecule has 2 aromatic rings. The lowest BCUT2D eigenvalue weighted by Gasteiger charge is -2.08. The van der Waals surface area contributed by atoms with Gasteiger partial charge in [0.15, 0.2) is 9.84 Å². The van der Waals surface area contributed by atoms with Gasteiger partial charge in [-0.05, 0) is 42.5 Å². The molecule has 0 aromatic heterocycles. The topological polar surface area (TPSA) is 87.0 Å². The molecule has 0 unspecified atom stereocenters. The predicted octanol–water partition coefficient (Wildman–Crippen LogP) is 2.87. The van der Waals surface area contributed by atoms with E-state index in [0.29, 0.717) is 11.3 Å². The fraction of sp³-hybridized carbons (Fsp3) is 0.0667. The first-order valence-corrected chi connectivity index (χ1v) is 8.39. The molecule has 5 nitrogen and oxygen atoms in total. The third-order valence-corrected chi connectivity index (χ3v) is 4.44. The number of nitrogens with zero attached hydrogens (tertiary/aromatic N) is 1. The van der Waals surface area contributed by atoms with Gasteiger partial charge in [0.05, 0.1) is 21.6 Å². The van der Waals surface area contributed by atoms with Crippen molar-refractivity contribution < 1.29 is 13.2 Å². The number of nitrogens with one attached hydrogen (secondary N) is 1. The number of carbonyl (C=O) groups excluding carboxylic acids is 1. The van der Waals surface area contributed by atoms with E-state index in [-0.39, 0.29) is 15.5 Å². The Kier molecular flexibility index (Phi) is 4.50. The van der Waals surface area contributed by atoms with Crippen molar-refractivity contribution >= 4 is 33.0 Å². The molecule has 7 heteroatoms. The summed E-state index contributed by atoms with van der Waals surface area (Å²) < 4.78 is 23.2. The number of sulfone groups is 1. The van der Waals surface area contributed by atoms with Crippen LogP contribution in [0.2, 0.25) is 5.02 Å². The van der Waals surface area contributed by atoms with Crippen LogP contribution in [0.1, 0.15) is 15.9 Å². The maximum Gasteiger partial charge on any atom is 0.255 e. The van der Waals surface area contributed by atoms with Crippen LogP contribution in [0.25, 0.3) is 0 Å². The van der Waals surface area contributed by atoms with Crippen molar-refractivity contribution in [1.29, 1.82) is 5.26 Å². The molecule has 2 aromatic carbocycles. The quantitative estimate of drug-likeness (QED) is 0.934. The number of carbonyl (C=O) groups is 1. The number of amides is 1. The second-order valence-corrected chi connectivity index (χ2v) is 6.95. The second kappa shape index (κ2) is 6.18. The molecule has 0 spiro atoms. The van der Waals surface area contributed by atoms with E-state index in [1.54, 1.807) is 24.3 Å². The van der Waals surface area contributed by atoms with Crippen LogP contribution in [0.3, 0.4) is 0 Å². The largest absolute Gasteiger partial charge is 0.322 e. The lowest BCUT2D eigenvalue weighted by Crippen LogP contribution is -2.13. The first-order chi connectivity index (χ1) is 10.3.